The Labute approximate surface area is 171 Å². The Morgan fingerprint density at radius 3 is 2.55 bits per heavy atom. The van der Waals surface area contributed by atoms with Gasteiger partial charge in [-0.25, -0.2) is 9.18 Å². The van der Waals surface area contributed by atoms with Crippen molar-refractivity contribution in [3.8, 4) is 5.75 Å². The number of amides is 2. The number of ether oxygens (including phenoxy) is 1. The van der Waals surface area contributed by atoms with Crippen LogP contribution in [0.15, 0.2) is 42.5 Å². The Morgan fingerprint density at radius 2 is 1.76 bits per heavy atom. The van der Waals surface area contributed by atoms with Gasteiger partial charge in [0.15, 0.2) is 0 Å². The minimum atomic E-state index is -0.231. The van der Waals surface area contributed by atoms with Gasteiger partial charge in [0.05, 0.1) is 6.54 Å². The molecule has 154 valence electrons. The van der Waals surface area contributed by atoms with Gasteiger partial charge in [0.1, 0.15) is 18.2 Å². The third-order valence-electron chi connectivity index (χ3n) is 5.75. The van der Waals surface area contributed by atoms with Gasteiger partial charge in [0, 0.05) is 31.9 Å². The van der Waals surface area contributed by atoms with Crippen molar-refractivity contribution < 1.29 is 13.9 Å². The zero-order chi connectivity index (χ0) is 20.1. The molecule has 0 bridgehead atoms. The van der Waals surface area contributed by atoms with Crippen LogP contribution in [0.4, 0.5) is 14.9 Å². The number of carbonyl (C=O) groups excluding carboxylic acids is 1. The molecule has 1 saturated heterocycles. The molecule has 1 aliphatic heterocycles. The smallest absolute Gasteiger partial charge is 0.317 e. The lowest BCUT2D eigenvalue weighted by molar-refractivity contribution is 0.191. The van der Waals surface area contributed by atoms with Crippen LogP contribution in [0.25, 0.3) is 0 Å². The van der Waals surface area contributed by atoms with E-state index in [4.69, 9.17) is 4.74 Å². The fourth-order valence-corrected chi connectivity index (χ4v) is 4.13. The highest BCUT2D eigenvalue weighted by Gasteiger charge is 2.21. The number of halogens is 1. The largest absolute Gasteiger partial charge is 0.491 e. The van der Waals surface area contributed by atoms with Gasteiger partial charge in [0.2, 0.25) is 0 Å². The summed E-state index contributed by atoms with van der Waals surface area (Å²) in [6.07, 6.45) is 4.68. The number of aryl methyl sites for hydroxylation is 1. The van der Waals surface area contributed by atoms with Crippen LogP contribution in [0.5, 0.6) is 5.75 Å². The second-order valence-electron chi connectivity index (χ2n) is 7.63. The van der Waals surface area contributed by atoms with Crippen LogP contribution in [-0.4, -0.2) is 50.3 Å². The van der Waals surface area contributed by atoms with Crippen LogP contribution in [0.2, 0.25) is 0 Å². The Morgan fingerprint density at radius 1 is 1.00 bits per heavy atom. The van der Waals surface area contributed by atoms with Crippen LogP contribution < -0.4 is 15.0 Å². The summed E-state index contributed by atoms with van der Waals surface area (Å²) in [4.78, 5) is 16.4. The van der Waals surface area contributed by atoms with Crippen molar-refractivity contribution in [3.05, 3.63) is 59.4 Å². The molecule has 2 aliphatic rings. The Hall–Kier alpha value is -2.76. The molecule has 0 saturated carbocycles. The molecule has 0 unspecified atom stereocenters. The van der Waals surface area contributed by atoms with Crippen molar-refractivity contribution in [1.29, 1.82) is 0 Å². The molecule has 29 heavy (non-hydrogen) atoms. The fraction of sp³-hybridized carbons (Fsp3) is 0.435. The maximum Gasteiger partial charge on any atom is 0.317 e. The standard InChI is InChI=1S/C23H28FN3O2/c24-19-8-10-20(11-9-19)26-13-15-27(16-14-26)23(28)25-12-17-29-22-7-3-5-18-4-1-2-6-21(18)22/h3,5,7-11H,1-2,4,6,12-17H2,(H,25,28). The van der Waals surface area contributed by atoms with Crippen LogP contribution in [-0.2, 0) is 12.8 Å². The highest BCUT2D eigenvalue weighted by molar-refractivity contribution is 5.74. The number of nitrogens with zero attached hydrogens (tertiary/aromatic N) is 2. The number of fused-ring (bicyclic) bond motifs is 1. The van der Waals surface area contributed by atoms with Gasteiger partial charge in [-0.2, -0.15) is 0 Å². The molecule has 0 spiro atoms. The molecule has 2 aromatic rings. The van der Waals surface area contributed by atoms with Gasteiger partial charge in [-0.15, -0.1) is 0 Å². The third-order valence-corrected chi connectivity index (χ3v) is 5.75. The van der Waals surface area contributed by atoms with Gasteiger partial charge < -0.3 is 19.9 Å². The van der Waals surface area contributed by atoms with Crippen molar-refractivity contribution >= 4 is 11.7 Å². The van der Waals surface area contributed by atoms with Crippen LogP contribution in [0, 0.1) is 5.82 Å². The first-order chi connectivity index (χ1) is 14.2. The van der Waals surface area contributed by atoms with Crippen molar-refractivity contribution in [2.75, 3.05) is 44.2 Å². The van der Waals surface area contributed by atoms with E-state index in [2.05, 4.69) is 22.3 Å². The molecular formula is C23H28FN3O2. The Kier molecular flexibility index (Phi) is 6.17. The number of urea groups is 1. The minimum Gasteiger partial charge on any atom is -0.491 e. The highest BCUT2D eigenvalue weighted by atomic mass is 19.1. The first-order valence-electron chi connectivity index (χ1n) is 10.5. The lowest BCUT2D eigenvalue weighted by Gasteiger charge is -2.36. The topological polar surface area (TPSA) is 44.8 Å². The lowest BCUT2D eigenvalue weighted by atomic mass is 9.91. The molecule has 1 aliphatic carbocycles. The van der Waals surface area contributed by atoms with E-state index in [1.54, 1.807) is 12.1 Å². The molecule has 6 heteroatoms. The Bertz CT molecular complexity index is 833. The maximum absolute atomic E-state index is 13.1. The first kappa shape index (κ1) is 19.6. The average molecular weight is 397 g/mol. The summed E-state index contributed by atoms with van der Waals surface area (Å²) in [5.41, 5.74) is 3.73. The second-order valence-corrected chi connectivity index (χ2v) is 7.63. The van der Waals surface area contributed by atoms with Gasteiger partial charge >= 0.3 is 6.03 Å². The quantitative estimate of drug-likeness (QED) is 0.784. The van der Waals surface area contributed by atoms with E-state index in [1.165, 1.54) is 36.1 Å². The average Bonchev–Trinajstić information content (AvgIpc) is 2.77. The zero-order valence-electron chi connectivity index (χ0n) is 16.7. The van der Waals surface area contributed by atoms with Crippen molar-refractivity contribution in [1.82, 2.24) is 10.2 Å². The number of anilines is 1. The summed E-state index contributed by atoms with van der Waals surface area (Å²) in [6, 6.07) is 12.7. The molecule has 4 rings (SSSR count). The van der Waals surface area contributed by atoms with Crippen LogP contribution in [0.3, 0.4) is 0 Å². The van der Waals surface area contributed by atoms with Gasteiger partial charge in [-0.3, -0.25) is 0 Å². The van der Waals surface area contributed by atoms with Gasteiger partial charge in [-0.05, 0) is 67.1 Å². The Balaban J connectivity index is 1.20. The SMILES string of the molecule is O=C(NCCOc1cccc2c1CCCC2)N1CCN(c2ccc(F)cc2)CC1. The number of hydrogen-bond donors (Lipinski definition) is 1. The molecule has 5 nitrogen and oxygen atoms in total. The van der Waals surface area contributed by atoms with E-state index in [0.29, 0.717) is 26.2 Å². The third kappa shape index (κ3) is 4.81. The predicted octanol–water partition coefficient (Wildman–Crippen LogP) is 3.62. The van der Waals surface area contributed by atoms with Gasteiger partial charge in [0.25, 0.3) is 0 Å². The highest BCUT2D eigenvalue weighted by Crippen LogP contribution is 2.29. The number of hydrogen-bond acceptors (Lipinski definition) is 3. The van der Waals surface area contributed by atoms with E-state index in [9.17, 15) is 9.18 Å². The second kappa shape index (κ2) is 9.16. The monoisotopic (exact) mass is 397 g/mol. The number of nitrogens with one attached hydrogen (secondary N) is 1. The molecule has 0 radical (unpaired) electrons. The van der Waals surface area contributed by atoms with E-state index < -0.39 is 0 Å². The van der Waals surface area contributed by atoms with Crippen molar-refractivity contribution in [2.45, 2.75) is 25.7 Å². The van der Waals surface area contributed by atoms with Crippen LogP contribution in [0.1, 0.15) is 24.0 Å². The predicted molar refractivity (Wildman–Crippen MR) is 112 cm³/mol. The van der Waals surface area contributed by atoms with Crippen molar-refractivity contribution in [3.63, 3.8) is 0 Å². The van der Waals surface area contributed by atoms with Crippen LogP contribution >= 0.6 is 0 Å². The van der Waals surface area contributed by atoms with E-state index in [-0.39, 0.29) is 11.8 Å². The summed E-state index contributed by atoms with van der Waals surface area (Å²) in [5.74, 6) is 0.731. The summed E-state index contributed by atoms with van der Waals surface area (Å²) in [7, 11) is 0. The van der Waals surface area contributed by atoms with Crippen molar-refractivity contribution in [2.24, 2.45) is 0 Å². The normalized spacial score (nSPS) is 16.3. The molecule has 2 amide bonds. The summed E-state index contributed by atoms with van der Waals surface area (Å²) in [5, 5.41) is 2.96. The maximum atomic E-state index is 13.1. The zero-order valence-corrected chi connectivity index (χ0v) is 16.7. The number of benzene rings is 2. The van der Waals surface area contributed by atoms with E-state index in [1.807, 2.05) is 11.0 Å². The molecule has 2 aromatic carbocycles. The fourth-order valence-electron chi connectivity index (χ4n) is 4.13. The first-order valence-corrected chi connectivity index (χ1v) is 10.5. The molecule has 1 heterocycles. The molecule has 0 aromatic heterocycles. The molecule has 1 N–H and O–H groups in total. The number of carbonyl (C=O) groups is 1. The number of rotatable bonds is 5. The molecule has 1 fully saturated rings. The molecule has 0 atom stereocenters. The van der Waals surface area contributed by atoms with E-state index >= 15 is 0 Å². The van der Waals surface area contributed by atoms with E-state index in [0.717, 1.165) is 37.4 Å². The molecular weight excluding hydrogens is 369 g/mol. The minimum absolute atomic E-state index is 0.0533. The van der Waals surface area contributed by atoms with Gasteiger partial charge in [-0.1, -0.05) is 12.1 Å². The summed E-state index contributed by atoms with van der Waals surface area (Å²) < 4.78 is 19.0. The lowest BCUT2D eigenvalue weighted by Crippen LogP contribution is -2.52. The number of piperazine rings is 1. The summed E-state index contributed by atoms with van der Waals surface area (Å²) >= 11 is 0. The summed E-state index contributed by atoms with van der Waals surface area (Å²) in [6.45, 7) is 3.74.